The number of methoxy groups -OCH3 is 2. The molecule has 0 aliphatic carbocycles. The lowest BCUT2D eigenvalue weighted by atomic mass is 10.0. The standard InChI is InChI=1S/C16H21NO4/c1-19-14-6-3-10(7-15(14)20-2)16(18)21-13-8-11-4-5-12(9-13)17-11/h3,6-7,11-13,17H,4-5,8-9H2,1-2H3. The SMILES string of the molecule is COc1ccc(C(=O)OC2CC3CCC(C2)N3)cc1OC. The molecule has 3 rings (SSSR count). The lowest BCUT2D eigenvalue weighted by Gasteiger charge is -2.28. The molecule has 1 aromatic carbocycles. The predicted octanol–water partition coefficient (Wildman–Crippen LogP) is 2.14. The summed E-state index contributed by atoms with van der Waals surface area (Å²) in [5.74, 6) is 0.855. The number of ether oxygens (including phenoxy) is 3. The number of carbonyl (C=O) groups is 1. The van der Waals surface area contributed by atoms with Gasteiger partial charge in [-0.25, -0.2) is 4.79 Å². The van der Waals surface area contributed by atoms with E-state index in [0.717, 1.165) is 12.8 Å². The highest BCUT2D eigenvalue weighted by atomic mass is 16.5. The minimum Gasteiger partial charge on any atom is -0.493 e. The first-order valence-corrected chi connectivity index (χ1v) is 7.38. The van der Waals surface area contributed by atoms with E-state index in [0.29, 0.717) is 29.1 Å². The normalized spacial score (nSPS) is 27.2. The van der Waals surface area contributed by atoms with Crippen molar-refractivity contribution in [1.29, 1.82) is 0 Å². The minimum atomic E-state index is -0.290. The number of carbonyl (C=O) groups excluding carboxylic acids is 1. The van der Waals surface area contributed by atoms with Crippen LogP contribution in [-0.4, -0.2) is 38.4 Å². The van der Waals surface area contributed by atoms with Crippen molar-refractivity contribution in [3.63, 3.8) is 0 Å². The Bertz CT molecular complexity index is 519. The Morgan fingerprint density at radius 1 is 1.10 bits per heavy atom. The molecule has 1 aromatic rings. The molecule has 5 heteroatoms. The number of fused-ring (bicyclic) bond motifs is 2. The summed E-state index contributed by atoms with van der Waals surface area (Å²) in [5.41, 5.74) is 0.499. The highest BCUT2D eigenvalue weighted by Gasteiger charge is 2.35. The van der Waals surface area contributed by atoms with E-state index in [-0.39, 0.29) is 12.1 Å². The number of hydrogen-bond acceptors (Lipinski definition) is 5. The summed E-state index contributed by atoms with van der Waals surface area (Å²) in [6.07, 6.45) is 4.22. The van der Waals surface area contributed by atoms with Crippen molar-refractivity contribution >= 4 is 5.97 Å². The molecule has 0 spiro atoms. The molecule has 2 aliphatic rings. The average Bonchev–Trinajstić information content (AvgIpc) is 2.85. The highest BCUT2D eigenvalue weighted by molar-refractivity contribution is 5.90. The number of hydrogen-bond donors (Lipinski definition) is 1. The second-order valence-electron chi connectivity index (χ2n) is 5.71. The topological polar surface area (TPSA) is 56.8 Å². The minimum absolute atomic E-state index is 0.0179. The van der Waals surface area contributed by atoms with Crippen molar-refractivity contribution in [3.05, 3.63) is 23.8 Å². The first-order chi connectivity index (χ1) is 10.2. The molecule has 2 saturated heterocycles. The van der Waals surface area contributed by atoms with Gasteiger partial charge in [0.15, 0.2) is 11.5 Å². The van der Waals surface area contributed by atoms with Crippen molar-refractivity contribution in [2.24, 2.45) is 0 Å². The molecule has 0 saturated carbocycles. The first-order valence-electron chi connectivity index (χ1n) is 7.38. The third-order valence-corrected chi connectivity index (χ3v) is 4.32. The van der Waals surface area contributed by atoms with Gasteiger partial charge in [0.1, 0.15) is 6.10 Å². The van der Waals surface area contributed by atoms with Gasteiger partial charge in [0, 0.05) is 12.1 Å². The van der Waals surface area contributed by atoms with Crippen LogP contribution < -0.4 is 14.8 Å². The molecule has 114 valence electrons. The first kappa shape index (κ1) is 14.2. The smallest absolute Gasteiger partial charge is 0.338 e. The van der Waals surface area contributed by atoms with Crippen LogP contribution in [0, 0.1) is 0 Å². The van der Waals surface area contributed by atoms with Crippen LogP contribution in [0.5, 0.6) is 11.5 Å². The van der Waals surface area contributed by atoms with Crippen LogP contribution in [0.2, 0.25) is 0 Å². The fraction of sp³-hybridized carbons (Fsp3) is 0.562. The maximum absolute atomic E-state index is 12.3. The number of nitrogens with one attached hydrogen (secondary N) is 1. The predicted molar refractivity (Wildman–Crippen MR) is 77.9 cm³/mol. The third kappa shape index (κ3) is 2.97. The Morgan fingerprint density at radius 3 is 2.38 bits per heavy atom. The molecular formula is C16H21NO4. The van der Waals surface area contributed by atoms with Crippen LogP contribution >= 0.6 is 0 Å². The zero-order valence-corrected chi connectivity index (χ0v) is 12.4. The molecule has 5 nitrogen and oxygen atoms in total. The second-order valence-corrected chi connectivity index (χ2v) is 5.71. The van der Waals surface area contributed by atoms with E-state index in [9.17, 15) is 4.79 Å². The van der Waals surface area contributed by atoms with Gasteiger partial charge in [0.2, 0.25) is 0 Å². The molecule has 0 aromatic heterocycles. The van der Waals surface area contributed by atoms with E-state index in [1.54, 1.807) is 32.4 Å². The number of esters is 1. The number of piperidine rings is 1. The Morgan fingerprint density at radius 2 is 1.76 bits per heavy atom. The van der Waals surface area contributed by atoms with Crippen LogP contribution in [0.4, 0.5) is 0 Å². The molecule has 1 N–H and O–H groups in total. The van der Waals surface area contributed by atoms with Gasteiger partial charge in [0.05, 0.1) is 19.8 Å². The van der Waals surface area contributed by atoms with Crippen LogP contribution in [0.15, 0.2) is 18.2 Å². The van der Waals surface area contributed by atoms with Crippen molar-refractivity contribution in [2.75, 3.05) is 14.2 Å². The van der Waals surface area contributed by atoms with Gasteiger partial charge in [-0.1, -0.05) is 0 Å². The zero-order valence-electron chi connectivity index (χ0n) is 12.4. The molecule has 2 aliphatic heterocycles. The van der Waals surface area contributed by atoms with Gasteiger partial charge in [-0.2, -0.15) is 0 Å². The third-order valence-electron chi connectivity index (χ3n) is 4.32. The van der Waals surface area contributed by atoms with Crippen molar-refractivity contribution in [1.82, 2.24) is 5.32 Å². The van der Waals surface area contributed by atoms with Crippen LogP contribution in [0.25, 0.3) is 0 Å². The quantitative estimate of drug-likeness (QED) is 0.861. The summed E-state index contributed by atoms with van der Waals surface area (Å²) >= 11 is 0. The Kier molecular flexibility index (Phi) is 4.01. The van der Waals surface area contributed by atoms with E-state index < -0.39 is 0 Å². The monoisotopic (exact) mass is 291 g/mol. The molecule has 0 amide bonds. The van der Waals surface area contributed by atoms with E-state index in [4.69, 9.17) is 14.2 Å². The second kappa shape index (κ2) is 5.93. The average molecular weight is 291 g/mol. The van der Waals surface area contributed by atoms with Crippen LogP contribution in [0.3, 0.4) is 0 Å². The largest absolute Gasteiger partial charge is 0.493 e. The Balaban J connectivity index is 1.67. The molecule has 2 unspecified atom stereocenters. The number of benzene rings is 1. The molecule has 2 atom stereocenters. The molecule has 2 fully saturated rings. The van der Waals surface area contributed by atoms with Gasteiger partial charge >= 0.3 is 5.97 Å². The number of rotatable bonds is 4. The van der Waals surface area contributed by atoms with Gasteiger partial charge in [0.25, 0.3) is 0 Å². The lowest BCUT2D eigenvalue weighted by molar-refractivity contribution is 0.0177. The lowest BCUT2D eigenvalue weighted by Crippen LogP contribution is -2.42. The van der Waals surface area contributed by atoms with Crippen molar-refractivity contribution in [3.8, 4) is 11.5 Å². The molecule has 21 heavy (non-hydrogen) atoms. The summed E-state index contributed by atoms with van der Waals surface area (Å²) in [6.45, 7) is 0. The van der Waals surface area contributed by atoms with E-state index in [2.05, 4.69) is 5.32 Å². The molecule has 0 radical (unpaired) electrons. The summed E-state index contributed by atoms with van der Waals surface area (Å²) in [5, 5.41) is 3.54. The molecule has 2 bridgehead atoms. The zero-order chi connectivity index (χ0) is 14.8. The highest BCUT2D eigenvalue weighted by Crippen LogP contribution is 2.31. The van der Waals surface area contributed by atoms with Gasteiger partial charge in [-0.05, 0) is 43.9 Å². The van der Waals surface area contributed by atoms with E-state index in [1.807, 2.05) is 0 Å². The van der Waals surface area contributed by atoms with E-state index in [1.165, 1.54) is 12.8 Å². The fourth-order valence-electron chi connectivity index (χ4n) is 3.28. The van der Waals surface area contributed by atoms with Crippen molar-refractivity contribution < 1.29 is 19.0 Å². The van der Waals surface area contributed by atoms with Crippen molar-refractivity contribution in [2.45, 2.75) is 43.9 Å². The molecular weight excluding hydrogens is 270 g/mol. The van der Waals surface area contributed by atoms with Crippen LogP contribution in [-0.2, 0) is 4.74 Å². The van der Waals surface area contributed by atoms with Gasteiger partial charge < -0.3 is 19.5 Å². The fourth-order valence-corrected chi connectivity index (χ4v) is 3.28. The van der Waals surface area contributed by atoms with Gasteiger partial charge in [-0.15, -0.1) is 0 Å². The van der Waals surface area contributed by atoms with Crippen LogP contribution in [0.1, 0.15) is 36.0 Å². The summed E-state index contributed by atoms with van der Waals surface area (Å²) in [6, 6.07) is 6.11. The van der Waals surface area contributed by atoms with E-state index >= 15 is 0 Å². The maximum Gasteiger partial charge on any atom is 0.338 e. The van der Waals surface area contributed by atoms with Gasteiger partial charge in [-0.3, -0.25) is 0 Å². The Hall–Kier alpha value is -1.75. The Labute approximate surface area is 124 Å². The summed E-state index contributed by atoms with van der Waals surface area (Å²) < 4.78 is 16.0. The summed E-state index contributed by atoms with van der Waals surface area (Å²) in [7, 11) is 3.12. The molecule has 2 heterocycles. The summed E-state index contributed by atoms with van der Waals surface area (Å²) in [4.78, 5) is 12.3. The maximum atomic E-state index is 12.3.